The van der Waals surface area contributed by atoms with Crippen molar-refractivity contribution in [2.24, 2.45) is 5.73 Å². The van der Waals surface area contributed by atoms with E-state index in [0.29, 0.717) is 83.9 Å². The molecular formula is C33H52N7O6+. The van der Waals surface area contributed by atoms with Gasteiger partial charge in [0.2, 0.25) is 0 Å². The highest BCUT2D eigenvalue weighted by Gasteiger charge is 2.20. The van der Waals surface area contributed by atoms with E-state index in [2.05, 4.69) is 22.8 Å². The second-order valence-corrected chi connectivity index (χ2v) is 11.6. The van der Waals surface area contributed by atoms with Gasteiger partial charge in [-0.15, -0.1) is 0 Å². The number of aliphatic hydroxyl groups excluding tert-OH is 1. The summed E-state index contributed by atoms with van der Waals surface area (Å²) in [6, 6.07) is 14.6. The van der Waals surface area contributed by atoms with Crippen molar-refractivity contribution in [3.63, 3.8) is 0 Å². The zero-order valence-corrected chi connectivity index (χ0v) is 28.4. The molecule has 0 saturated carbocycles. The third-order valence-electron chi connectivity index (χ3n) is 6.14. The summed E-state index contributed by atoms with van der Waals surface area (Å²) in [5, 5.41) is 32.6. The highest BCUT2D eigenvalue weighted by atomic mass is 16.5. The van der Waals surface area contributed by atoms with E-state index in [-0.39, 0.29) is 32.5 Å². The van der Waals surface area contributed by atoms with Gasteiger partial charge in [0.15, 0.2) is 0 Å². The van der Waals surface area contributed by atoms with Gasteiger partial charge in [0.1, 0.15) is 34.6 Å². The number of ether oxygens (including phenoxy) is 3. The van der Waals surface area contributed by atoms with E-state index >= 15 is 0 Å². The van der Waals surface area contributed by atoms with Gasteiger partial charge in [-0.2, -0.15) is 10.5 Å². The van der Waals surface area contributed by atoms with Crippen molar-refractivity contribution in [2.75, 3.05) is 108 Å². The van der Waals surface area contributed by atoms with Crippen molar-refractivity contribution in [3.05, 3.63) is 66.1 Å². The van der Waals surface area contributed by atoms with Gasteiger partial charge in [0, 0.05) is 42.9 Å². The van der Waals surface area contributed by atoms with Crippen LogP contribution < -0.4 is 25.3 Å². The molecule has 254 valence electrons. The van der Waals surface area contributed by atoms with Gasteiger partial charge in [0.05, 0.1) is 88.5 Å². The maximum absolute atomic E-state index is 12.1. The molecule has 2 aromatic rings. The zero-order valence-electron chi connectivity index (χ0n) is 28.4. The molecule has 0 bridgehead atoms. The van der Waals surface area contributed by atoms with E-state index in [1.807, 2.05) is 48.4 Å². The average molecular weight is 643 g/mol. The number of amides is 2. The smallest absolute Gasteiger partial charge is 0.251 e. The largest absolute Gasteiger partial charge is 0.394 e. The van der Waals surface area contributed by atoms with Crippen molar-refractivity contribution in [3.8, 4) is 12.1 Å². The predicted molar refractivity (Wildman–Crippen MR) is 181 cm³/mol. The zero-order chi connectivity index (χ0) is 33.9. The van der Waals surface area contributed by atoms with Crippen LogP contribution in [0.2, 0.25) is 0 Å². The Hall–Kier alpha value is -3.92. The molecule has 2 aromatic carbocycles. The van der Waals surface area contributed by atoms with Crippen LogP contribution in [0.3, 0.4) is 0 Å². The van der Waals surface area contributed by atoms with Crippen LogP contribution in [0.1, 0.15) is 31.8 Å². The van der Waals surface area contributed by atoms with Crippen LogP contribution in [0.5, 0.6) is 0 Å². The minimum atomic E-state index is -0.243. The number of rotatable bonds is 17. The average Bonchev–Trinajstić information content (AvgIpc) is 3.00. The lowest BCUT2D eigenvalue weighted by Crippen LogP contribution is -2.35. The van der Waals surface area contributed by atoms with E-state index in [1.165, 1.54) is 0 Å². The molecule has 0 aromatic heterocycles. The fraction of sp³-hybridized carbons (Fsp3) is 0.485. The molecule has 0 atom stereocenters. The minimum Gasteiger partial charge on any atom is -0.394 e. The van der Waals surface area contributed by atoms with E-state index in [4.69, 9.17) is 25.1 Å². The van der Waals surface area contributed by atoms with Gasteiger partial charge in [-0.05, 0) is 24.3 Å². The van der Waals surface area contributed by atoms with Gasteiger partial charge >= 0.3 is 0 Å². The molecule has 2 rings (SSSR count). The van der Waals surface area contributed by atoms with Gasteiger partial charge < -0.3 is 43.1 Å². The highest BCUT2D eigenvalue weighted by molar-refractivity contribution is 5.95. The van der Waals surface area contributed by atoms with Crippen LogP contribution in [0.25, 0.3) is 0 Å². The Bertz CT molecular complexity index is 1310. The second kappa shape index (κ2) is 21.8. The maximum Gasteiger partial charge on any atom is 0.251 e. The third-order valence-corrected chi connectivity index (χ3v) is 6.14. The van der Waals surface area contributed by atoms with Crippen molar-refractivity contribution in [1.82, 2.24) is 19.6 Å². The minimum absolute atomic E-state index is 0. The Labute approximate surface area is 274 Å². The number of quaternary nitrogens is 2. The lowest BCUT2D eigenvalue weighted by Gasteiger charge is -2.24. The van der Waals surface area contributed by atoms with E-state index in [1.54, 1.807) is 30.3 Å². The first kappa shape index (κ1) is 42.1. The molecular weight excluding hydrogens is 590 g/mol. The monoisotopic (exact) mass is 642 g/mol. The number of nitrogens with two attached hydrogens (primary N) is 1. The predicted octanol–water partition coefficient (Wildman–Crippen LogP) is 1.42. The molecule has 0 saturated heterocycles. The van der Waals surface area contributed by atoms with E-state index in [0.717, 1.165) is 11.4 Å². The van der Waals surface area contributed by atoms with Gasteiger partial charge in [0.25, 0.3) is 11.8 Å². The third kappa shape index (κ3) is 15.4. The molecule has 0 spiro atoms. The lowest BCUT2D eigenvalue weighted by atomic mass is 10.1. The first-order valence-electron chi connectivity index (χ1n) is 14.6. The Morgan fingerprint density at radius 2 is 1.11 bits per heavy atom. The first-order valence-corrected chi connectivity index (χ1v) is 14.6. The Balaban J connectivity index is 0.000000869. The molecule has 0 aliphatic heterocycles. The van der Waals surface area contributed by atoms with Crippen LogP contribution in [-0.4, -0.2) is 125 Å². The summed E-state index contributed by atoms with van der Waals surface area (Å²) in [4.78, 5) is 24.1. The number of hydrogen-bond acceptors (Lipinski definition) is 9. The standard InChI is InChI=1S/C17H26N4O3.C15H21N3O3.CH3/c1-21(2,3)16-5-4-14(12-15(16)13-19)17(22)20-7-9-24-11-10-23-8-6-18;1-18(2,3)14-5-4-12(10-13(14)11-16)15(20)17-6-8-21-9-7-19;/h4-5,12H,6-11,18H2,1-3H3;4-5,10,19H,6-9H2,1-3H3;1H3/q;;-1/p+2. The van der Waals surface area contributed by atoms with Gasteiger partial charge in [-0.25, -0.2) is 0 Å². The quantitative estimate of drug-likeness (QED) is 0.113. The summed E-state index contributed by atoms with van der Waals surface area (Å²) in [7, 11) is 11.8. The molecule has 2 amide bonds. The SMILES string of the molecule is C[N+](C)(C)c1ccc(C(=O)NCCOCCO)cc1C#N.C[N+](C)(C)c1ccc(C(=O)NCCOCCOCCN)cc1C#N.[CH3-]. The summed E-state index contributed by atoms with van der Waals surface area (Å²) < 4.78 is 16.6. The van der Waals surface area contributed by atoms with E-state index < -0.39 is 0 Å². The number of nitriles is 2. The first-order chi connectivity index (χ1) is 21.3. The molecule has 0 heterocycles. The normalized spacial score (nSPS) is 10.8. The van der Waals surface area contributed by atoms with Crippen molar-refractivity contribution < 1.29 is 28.9 Å². The van der Waals surface area contributed by atoms with Crippen LogP contribution >= 0.6 is 0 Å². The molecule has 0 radical (unpaired) electrons. The number of aliphatic hydroxyl groups is 1. The molecule has 13 heteroatoms. The summed E-state index contributed by atoms with van der Waals surface area (Å²) >= 11 is 0. The van der Waals surface area contributed by atoms with Gasteiger partial charge in [-0.1, -0.05) is 0 Å². The molecule has 46 heavy (non-hydrogen) atoms. The van der Waals surface area contributed by atoms with Gasteiger partial charge in [-0.3, -0.25) is 18.6 Å². The molecule has 0 aliphatic carbocycles. The molecule has 0 fully saturated rings. The number of benzene rings is 2. The van der Waals surface area contributed by atoms with Crippen LogP contribution in [-0.2, 0) is 14.2 Å². The number of nitrogens with one attached hydrogen (secondary N) is 2. The Morgan fingerprint density at radius 1 is 0.717 bits per heavy atom. The second-order valence-electron chi connectivity index (χ2n) is 11.6. The molecule has 13 nitrogen and oxygen atoms in total. The summed E-state index contributed by atoms with van der Waals surface area (Å²) in [5.41, 5.74) is 8.94. The highest BCUT2D eigenvalue weighted by Crippen LogP contribution is 2.24. The Kier molecular flexibility index (Phi) is 19.9. The maximum atomic E-state index is 12.1. The molecule has 0 unspecified atom stereocenters. The van der Waals surface area contributed by atoms with Crippen molar-refractivity contribution >= 4 is 23.2 Å². The number of carbonyl (C=O) groups is 2. The number of hydrogen-bond donors (Lipinski definition) is 4. The summed E-state index contributed by atoms with van der Waals surface area (Å²) in [5.74, 6) is -0.463. The fourth-order valence-corrected chi connectivity index (χ4v) is 3.95. The lowest BCUT2D eigenvalue weighted by molar-refractivity contribution is 0.0511. The fourth-order valence-electron chi connectivity index (χ4n) is 3.95. The van der Waals surface area contributed by atoms with E-state index in [9.17, 15) is 20.1 Å². The topological polar surface area (TPSA) is 180 Å². The molecule has 5 N–H and O–H groups in total. The van der Waals surface area contributed by atoms with Crippen LogP contribution in [0, 0.1) is 30.1 Å². The van der Waals surface area contributed by atoms with Crippen LogP contribution in [0.15, 0.2) is 36.4 Å². The summed E-state index contributed by atoms with van der Waals surface area (Å²) in [6.45, 7) is 3.69. The van der Waals surface area contributed by atoms with Crippen molar-refractivity contribution in [2.45, 2.75) is 0 Å². The molecule has 0 aliphatic rings. The number of nitrogens with zero attached hydrogens (tertiary/aromatic N) is 4. The van der Waals surface area contributed by atoms with Crippen LogP contribution in [0.4, 0.5) is 11.4 Å². The Morgan fingerprint density at radius 3 is 1.46 bits per heavy atom. The summed E-state index contributed by atoms with van der Waals surface area (Å²) in [6.07, 6.45) is 0. The number of carbonyl (C=O) groups excluding carboxylic acids is 2. The van der Waals surface area contributed by atoms with Crippen molar-refractivity contribution in [1.29, 1.82) is 10.5 Å².